The molecule has 2 aliphatic rings. The molecule has 2 aromatic carbocycles. The van der Waals surface area contributed by atoms with E-state index in [-0.39, 0.29) is 16.7 Å². The number of nitrogens with zero attached hydrogens (tertiary/aromatic N) is 2. The molecular weight excluding hydrogens is 426 g/mol. The van der Waals surface area contributed by atoms with Gasteiger partial charge in [0.1, 0.15) is 5.75 Å². The van der Waals surface area contributed by atoms with Crippen LogP contribution in [0.25, 0.3) is 0 Å². The molecule has 8 heteroatoms. The van der Waals surface area contributed by atoms with Crippen molar-refractivity contribution in [3.63, 3.8) is 0 Å². The molecule has 1 atom stereocenters. The first-order chi connectivity index (χ1) is 15.4. The largest absolute Gasteiger partial charge is 0.493 e. The number of sulfonamides is 1. The molecule has 0 saturated carbocycles. The van der Waals surface area contributed by atoms with E-state index in [0.29, 0.717) is 18.7 Å². The van der Waals surface area contributed by atoms with Gasteiger partial charge >= 0.3 is 0 Å². The monoisotopic (exact) mass is 457 g/mol. The Kier molecular flexibility index (Phi) is 6.71. The SMILES string of the molecule is CN(C)S(=O)(=O)c1ccc(N2CCCCC2)c(C(=O)NCC2COc3ccccc3C2)c1. The van der Waals surface area contributed by atoms with Gasteiger partial charge in [0.05, 0.1) is 17.1 Å². The molecular formula is C24H31N3O4S. The van der Waals surface area contributed by atoms with Gasteiger partial charge in [-0.15, -0.1) is 0 Å². The van der Waals surface area contributed by atoms with Crippen molar-refractivity contribution in [3.05, 3.63) is 53.6 Å². The van der Waals surface area contributed by atoms with E-state index >= 15 is 0 Å². The third kappa shape index (κ3) is 4.76. The van der Waals surface area contributed by atoms with Crippen molar-refractivity contribution >= 4 is 21.6 Å². The zero-order valence-electron chi connectivity index (χ0n) is 18.7. The van der Waals surface area contributed by atoms with Crippen molar-refractivity contribution < 1.29 is 17.9 Å². The number of benzene rings is 2. The summed E-state index contributed by atoms with van der Waals surface area (Å²) in [6.07, 6.45) is 4.15. The van der Waals surface area contributed by atoms with Crippen LogP contribution in [0.3, 0.4) is 0 Å². The summed E-state index contributed by atoms with van der Waals surface area (Å²) < 4.78 is 32.4. The third-order valence-corrected chi connectivity index (χ3v) is 8.01. The molecule has 2 aliphatic heterocycles. The average Bonchev–Trinajstić information content (AvgIpc) is 2.82. The van der Waals surface area contributed by atoms with Crippen LogP contribution in [0.1, 0.15) is 35.2 Å². The molecule has 1 amide bonds. The quantitative estimate of drug-likeness (QED) is 0.722. The van der Waals surface area contributed by atoms with Gasteiger partial charge in [0.15, 0.2) is 0 Å². The fourth-order valence-electron chi connectivity index (χ4n) is 4.33. The summed E-state index contributed by atoms with van der Waals surface area (Å²) in [4.78, 5) is 15.6. The predicted molar refractivity (Wildman–Crippen MR) is 125 cm³/mol. The number of carbonyl (C=O) groups excluding carboxylic acids is 1. The Morgan fingerprint density at radius 2 is 1.88 bits per heavy atom. The number of hydrogen-bond donors (Lipinski definition) is 1. The number of para-hydroxylation sites is 1. The Morgan fingerprint density at radius 1 is 1.12 bits per heavy atom. The minimum absolute atomic E-state index is 0.128. The van der Waals surface area contributed by atoms with Gasteiger partial charge in [-0.2, -0.15) is 0 Å². The maximum atomic E-state index is 13.3. The van der Waals surface area contributed by atoms with E-state index in [4.69, 9.17) is 4.74 Å². The lowest BCUT2D eigenvalue weighted by Gasteiger charge is -2.31. The minimum Gasteiger partial charge on any atom is -0.493 e. The van der Waals surface area contributed by atoms with Gasteiger partial charge in [0.2, 0.25) is 10.0 Å². The first-order valence-corrected chi connectivity index (χ1v) is 12.6. The zero-order valence-corrected chi connectivity index (χ0v) is 19.5. The minimum atomic E-state index is -3.63. The lowest BCUT2D eigenvalue weighted by Crippen LogP contribution is -2.37. The molecule has 2 aromatic rings. The van der Waals surface area contributed by atoms with E-state index < -0.39 is 10.0 Å². The van der Waals surface area contributed by atoms with Gasteiger partial charge in [0.25, 0.3) is 5.91 Å². The van der Waals surface area contributed by atoms with Crippen molar-refractivity contribution in [2.45, 2.75) is 30.6 Å². The summed E-state index contributed by atoms with van der Waals surface area (Å²) in [6.45, 7) is 2.75. The van der Waals surface area contributed by atoms with E-state index in [1.54, 1.807) is 12.1 Å². The summed E-state index contributed by atoms with van der Waals surface area (Å²) in [5.41, 5.74) is 2.35. The number of rotatable bonds is 6. The number of piperidine rings is 1. The van der Waals surface area contributed by atoms with Gasteiger partial charge < -0.3 is 15.0 Å². The van der Waals surface area contributed by atoms with Gasteiger partial charge in [-0.1, -0.05) is 18.2 Å². The summed E-state index contributed by atoms with van der Waals surface area (Å²) in [5, 5.41) is 3.03. The van der Waals surface area contributed by atoms with Crippen LogP contribution in [0, 0.1) is 5.92 Å². The van der Waals surface area contributed by atoms with E-state index in [0.717, 1.165) is 49.4 Å². The number of ether oxygens (including phenoxy) is 1. The highest BCUT2D eigenvalue weighted by atomic mass is 32.2. The second-order valence-corrected chi connectivity index (χ2v) is 10.9. The average molecular weight is 458 g/mol. The summed E-state index contributed by atoms with van der Waals surface area (Å²) in [7, 11) is -0.645. The van der Waals surface area contributed by atoms with Crippen molar-refractivity contribution in [2.75, 3.05) is 45.2 Å². The Balaban J connectivity index is 1.55. The third-order valence-electron chi connectivity index (χ3n) is 6.20. The lowest BCUT2D eigenvalue weighted by atomic mass is 9.96. The molecule has 0 aliphatic carbocycles. The number of anilines is 1. The normalized spacial score (nSPS) is 18.7. The topological polar surface area (TPSA) is 79.0 Å². The Morgan fingerprint density at radius 3 is 2.62 bits per heavy atom. The fourth-order valence-corrected chi connectivity index (χ4v) is 5.26. The maximum Gasteiger partial charge on any atom is 0.253 e. The first-order valence-electron chi connectivity index (χ1n) is 11.2. The summed E-state index contributed by atoms with van der Waals surface area (Å²) in [5.74, 6) is 0.824. The molecule has 172 valence electrons. The highest BCUT2D eigenvalue weighted by Gasteiger charge is 2.25. The van der Waals surface area contributed by atoms with Crippen LogP contribution >= 0.6 is 0 Å². The maximum absolute atomic E-state index is 13.3. The molecule has 0 bridgehead atoms. The Labute approximate surface area is 190 Å². The number of nitrogens with one attached hydrogen (secondary N) is 1. The number of hydrogen-bond acceptors (Lipinski definition) is 5. The first kappa shape index (κ1) is 22.6. The molecule has 1 unspecified atom stereocenters. The molecule has 1 fully saturated rings. The molecule has 0 radical (unpaired) electrons. The zero-order chi connectivity index (χ0) is 22.7. The van der Waals surface area contributed by atoms with Crippen LogP contribution in [-0.4, -0.2) is 59.0 Å². The van der Waals surface area contributed by atoms with Gasteiger partial charge in [-0.05, 0) is 55.5 Å². The number of carbonyl (C=O) groups is 1. The molecule has 2 heterocycles. The second-order valence-electron chi connectivity index (χ2n) is 8.71. The van der Waals surface area contributed by atoms with Crippen LogP contribution in [-0.2, 0) is 16.4 Å². The molecule has 32 heavy (non-hydrogen) atoms. The molecule has 4 rings (SSSR count). The highest BCUT2D eigenvalue weighted by molar-refractivity contribution is 7.89. The van der Waals surface area contributed by atoms with Crippen LogP contribution in [0.2, 0.25) is 0 Å². The van der Waals surface area contributed by atoms with Crippen molar-refractivity contribution in [1.82, 2.24) is 9.62 Å². The Bertz CT molecular complexity index is 1080. The fraction of sp³-hybridized carbons (Fsp3) is 0.458. The van der Waals surface area contributed by atoms with Crippen molar-refractivity contribution in [2.24, 2.45) is 5.92 Å². The molecule has 1 N–H and O–H groups in total. The van der Waals surface area contributed by atoms with Crippen molar-refractivity contribution in [1.29, 1.82) is 0 Å². The number of amides is 1. The predicted octanol–water partition coefficient (Wildman–Crippen LogP) is 2.91. The van der Waals surface area contributed by atoms with Crippen LogP contribution in [0.5, 0.6) is 5.75 Å². The van der Waals surface area contributed by atoms with Crippen LogP contribution in [0.15, 0.2) is 47.4 Å². The van der Waals surface area contributed by atoms with E-state index in [1.807, 2.05) is 24.3 Å². The van der Waals surface area contributed by atoms with E-state index in [9.17, 15) is 13.2 Å². The van der Waals surface area contributed by atoms with Gasteiger partial charge in [0, 0.05) is 45.3 Å². The van der Waals surface area contributed by atoms with E-state index in [2.05, 4.69) is 10.2 Å². The van der Waals surface area contributed by atoms with Gasteiger partial charge in [-0.3, -0.25) is 4.79 Å². The molecule has 0 aromatic heterocycles. The van der Waals surface area contributed by atoms with Gasteiger partial charge in [-0.25, -0.2) is 12.7 Å². The lowest BCUT2D eigenvalue weighted by molar-refractivity contribution is 0.0939. The van der Waals surface area contributed by atoms with Crippen molar-refractivity contribution in [3.8, 4) is 5.75 Å². The Hall–Kier alpha value is -2.58. The second kappa shape index (κ2) is 9.50. The van der Waals surface area contributed by atoms with Crippen LogP contribution < -0.4 is 15.0 Å². The molecule has 1 saturated heterocycles. The molecule has 0 spiro atoms. The van der Waals surface area contributed by atoms with E-state index in [1.165, 1.54) is 30.9 Å². The summed E-state index contributed by atoms with van der Waals surface area (Å²) >= 11 is 0. The van der Waals surface area contributed by atoms with Crippen LogP contribution in [0.4, 0.5) is 5.69 Å². The standard InChI is InChI=1S/C24H31N3O4S/c1-26(2)32(29,30)20-10-11-22(27-12-6-3-7-13-27)21(15-20)24(28)25-16-18-14-19-8-4-5-9-23(19)31-17-18/h4-5,8-11,15,18H,3,6-7,12-14,16-17H2,1-2H3,(H,25,28). The number of fused-ring (bicyclic) bond motifs is 1. The summed E-state index contributed by atoms with van der Waals surface area (Å²) in [6, 6.07) is 12.8. The highest BCUT2D eigenvalue weighted by Crippen LogP contribution is 2.29. The molecule has 7 nitrogen and oxygen atoms in total. The smallest absolute Gasteiger partial charge is 0.253 e.